The first kappa shape index (κ1) is 14.7. The molecule has 1 amide bonds. The second kappa shape index (κ2) is 6.70. The van der Waals surface area contributed by atoms with Crippen molar-refractivity contribution in [3.63, 3.8) is 0 Å². The average molecular weight is 300 g/mol. The third kappa shape index (κ3) is 3.01. The van der Waals surface area contributed by atoms with Gasteiger partial charge in [-0.1, -0.05) is 30.3 Å². The van der Waals surface area contributed by atoms with Gasteiger partial charge in [0.2, 0.25) is 0 Å². The normalized spacial score (nSPS) is 18.4. The van der Waals surface area contributed by atoms with E-state index in [0.29, 0.717) is 30.5 Å². The first-order valence-corrected chi connectivity index (χ1v) is 7.54. The molecule has 1 saturated heterocycles. The predicted molar refractivity (Wildman–Crippen MR) is 82.3 cm³/mol. The van der Waals surface area contributed by atoms with E-state index in [0.717, 1.165) is 24.9 Å². The fourth-order valence-corrected chi connectivity index (χ4v) is 2.95. The standard InChI is InChI=1S/C16H20N4O2/c1-22-11-12-6-5-9-20(10-12)16(21)15-14(17-19-18-15)13-7-3-2-4-8-13/h2-4,7-8,12H,5-6,9-11H2,1H3,(H,17,18,19). The van der Waals surface area contributed by atoms with Crippen LogP contribution in [0.5, 0.6) is 0 Å². The highest BCUT2D eigenvalue weighted by Crippen LogP contribution is 2.23. The van der Waals surface area contributed by atoms with Crippen LogP contribution < -0.4 is 0 Å². The van der Waals surface area contributed by atoms with E-state index in [1.54, 1.807) is 7.11 Å². The molecule has 0 radical (unpaired) electrons. The molecule has 1 unspecified atom stereocenters. The second-order valence-corrected chi connectivity index (χ2v) is 5.60. The molecule has 1 atom stereocenters. The molecule has 2 aromatic rings. The molecule has 0 bridgehead atoms. The molecule has 1 N–H and O–H groups in total. The summed E-state index contributed by atoms with van der Waals surface area (Å²) in [5.41, 5.74) is 1.90. The Bertz CT molecular complexity index is 624. The fourth-order valence-electron chi connectivity index (χ4n) is 2.95. The molecule has 1 fully saturated rings. The van der Waals surface area contributed by atoms with Gasteiger partial charge in [0.25, 0.3) is 5.91 Å². The van der Waals surface area contributed by atoms with Crippen LogP contribution in [-0.2, 0) is 4.74 Å². The largest absolute Gasteiger partial charge is 0.384 e. The van der Waals surface area contributed by atoms with Gasteiger partial charge in [-0.25, -0.2) is 0 Å². The van der Waals surface area contributed by atoms with E-state index in [4.69, 9.17) is 4.74 Å². The zero-order valence-corrected chi connectivity index (χ0v) is 12.7. The summed E-state index contributed by atoms with van der Waals surface area (Å²) >= 11 is 0. The summed E-state index contributed by atoms with van der Waals surface area (Å²) in [7, 11) is 1.70. The van der Waals surface area contributed by atoms with Crippen molar-refractivity contribution in [1.29, 1.82) is 0 Å². The molecular weight excluding hydrogens is 280 g/mol. The first-order chi connectivity index (χ1) is 10.8. The average Bonchev–Trinajstić information content (AvgIpc) is 3.05. The lowest BCUT2D eigenvalue weighted by molar-refractivity contribution is 0.0566. The summed E-state index contributed by atoms with van der Waals surface area (Å²) in [4.78, 5) is 14.6. The van der Waals surface area contributed by atoms with E-state index < -0.39 is 0 Å². The highest BCUT2D eigenvalue weighted by molar-refractivity contribution is 5.97. The van der Waals surface area contributed by atoms with E-state index >= 15 is 0 Å². The van der Waals surface area contributed by atoms with Gasteiger partial charge >= 0.3 is 0 Å². The van der Waals surface area contributed by atoms with Crippen molar-refractivity contribution >= 4 is 5.91 Å². The number of piperidine rings is 1. The Morgan fingerprint density at radius 2 is 2.18 bits per heavy atom. The van der Waals surface area contributed by atoms with Crippen LogP contribution in [0.15, 0.2) is 30.3 Å². The number of H-pyrrole nitrogens is 1. The van der Waals surface area contributed by atoms with Crippen LogP contribution in [0.3, 0.4) is 0 Å². The number of ether oxygens (including phenoxy) is 1. The minimum absolute atomic E-state index is 0.0617. The molecule has 3 rings (SSSR count). The topological polar surface area (TPSA) is 71.1 Å². The number of carbonyl (C=O) groups excluding carboxylic acids is 1. The highest BCUT2D eigenvalue weighted by Gasteiger charge is 2.28. The lowest BCUT2D eigenvalue weighted by Crippen LogP contribution is -2.41. The molecule has 1 aliphatic heterocycles. The fraction of sp³-hybridized carbons (Fsp3) is 0.438. The third-order valence-corrected chi connectivity index (χ3v) is 4.01. The van der Waals surface area contributed by atoms with E-state index in [9.17, 15) is 4.79 Å². The number of aromatic amines is 1. The summed E-state index contributed by atoms with van der Waals surface area (Å²) in [6.07, 6.45) is 2.10. The van der Waals surface area contributed by atoms with Crippen LogP contribution in [-0.4, -0.2) is 53.0 Å². The molecule has 0 aliphatic carbocycles. The number of nitrogens with zero attached hydrogens (tertiary/aromatic N) is 3. The molecule has 116 valence electrons. The van der Waals surface area contributed by atoms with Gasteiger partial charge < -0.3 is 9.64 Å². The SMILES string of the molecule is COCC1CCCN(C(=O)c2n[nH]nc2-c2ccccc2)C1. The maximum absolute atomic E-state index is 12.8. The second-order valence-electron chi connectivity index (χ2n) is 5.60. The third-order valence-electron chi connectivity index (χ3n) is 4.01. The number of methoxy groups -OCH3 is 1. The first-order valence-electron chi connectivity index (χ1n) is 7.54. The molecule has 6 nitrogen and oxygen atoms in total. The van der Waals surface area contributed by atoms with E-state index in [-0.39, 0.29) is 5.91 Å². The van der Waals surface area contributed by atoms with Gasteiger partial charge in [-0.15, -0.1) is 0 Å². The lowest BCUT2D eigenvalue weighted by atomic mass is 9.98. The monoisotopic (exact) mass is 300 g/mol. The molecule has 1 aromatic carbocycles. The maximum atomic E-state index is 12.8. The molecule has 2 heterocycles. The maximum Gasteiger partial charge on any atom is 0.276 e. The van der Waals surface area contributed by atoms with Gasteiger partial charge in [0.1, 0.15) is 5.69 Å². The Kier molecular flexibility index (Phi) is 4.48. The van der Waals surface area contributed by atoms with Gasteiger partial charge in [-0.3, -0.25) is 4.79 Å². The minimum atomic E-state index is -0.0617. The van der Waals surface area contributed by atoms with Crippen molar-refractivity contribution in [2.45, 2.75) is 12.8 Å². The molecule has 0 saturated carbocycles. The molecule has 1 aromatic heterocycles. The van der Waals surface area contributed by atoms with E-state index in [2.05, 4.69) is 15.4 Å². The van der Waals surface area contributed by atoms with E-state index in [1.807, 2.05) is 35.2 Å². The number of carbonyl (C=O) groups is 1. The van der Waals surface area contributed by atoms with Gasteiger partial charge in [0, 0.05) is 25.8 Å². The van der Waals surface area contributed by atoms with E-state index in [1.165, 1.54) is 0 Å². The number of aromatic nitrogens is 3. The Morgan fingerprint density at radius 1 is 1.36 bits per heavy atom. The van der Waals surface area contributed by atoms with Gasteiger partial charge in [0.05, 0.1) is 6.61 Å². The molecule has 0 spiro atoms. The number of benzene rings is 1. The zero-order chi connectivity index (χ0) is 15.4. The Balaban J connectivity index is 1.80. The van der Waals surface area contributed by atoms with Crippen molar-refractivity contribution in [2.24, 2.45) is 5.92 Å². The lowest BCUT2D eigenvalue weighted by Gasteiger charge is -2.32. The number of hydrogen-bond donors (Lipinski definition) is 1. The number of hydrogen-bond acceptors (Lipinski definition) is 4. The summed E-state index contributed by atoms with van der Waals surface area (Å²) in [6, 6.07) is 9.64. The Labute approximate surface area is 129 Å². The quantitative estimate of drug-likeness (QED) is 0.937. The number of amides is 1. The van der Waals surface area contributed by atoms with Crippen molar-refractivity contribution < 1.29 is 9.53 Å². The smallest absolute Gasteiger partial charge is 0.276 e. The highest BCUT2D eigenvalue weighted by atomic mass is 16.5. The Morgan fingerprint density at radius 3 is 2.95 bits per heavy atom. The van der Waals surface area contributed by atoms with Crippen LogP contribution in [0, 0.1) is 5.92 Å². The molecule has 22 heavy (non-hydrogen) atoms. The van der Waals surface area contributed by atoms with Crippen LogP contribution in [0.4, 0.5) is 0 Å². The van der Waals surface area contributed by atoms with Gasteiger partial charge in [-0.2, -0.15) is 15.4 Å². The van der Waals surface area contributed by atoms with Crippen molar-refractivity contribution in [1.82, 2.24) is 20.3 Å². The molecule has 1 aliphatic rings. The van der Waals surface area contributed by atoms with Crippen LogP contribution in [0.1, 0.15) is 23.3 Å². The number of likely N-dealkylation sites (tertiary alicyclic amines) is 1. The number of rotatable bonds is 4. The minimum Gasteiger partial charge on any atom is -0.384 e. The van der Waals surface area contributed by atoms with Crippen molar-refractivity contribution in [3.05, 3.63) is 36.0 Å². The predicted octanol–water partition coefficient (Wildman–Crippen LogP) is 1.97. The molecular formula is C16H20N4O2. The summed E-state index contributed by atoms with van der Waals surface area (Å²) in [5, 5.41) is 10.8. The van der Waals surface area contributed by atoms with Crippen molar-refractivity contribution in [2.75, 3.05) is 26.8 Å². The summed E-state index contributed by atoms with van der Waals surface area (Å²) < 4.78 is 5.22. The van der Waals surface area contributed by atoms with Gasteiger partial charge in [-0.05, 0) is 18.8 Å². The number of nitrogens with one attached hydrogen (secondary N) is 1. The Hall–Kier alpha value is -2.21. The molecule has 6 heteroatoms. The van der Waals surface area contributed by atoms with Gasteiger partial charge in [0.15, 0.2) is 5.69 Å². The van der Waals surface area contributed by atoms with Crippen LogP contribution >= 0.6 is 0 Å². The van der Waals surface area contributed by atoms with Crippen molar-refractivity contribution in [3.8, 4) is 11.3 Å². The van der Waals surface area contributed by atoms with Crippen LogP contribution in [0.25, 0.3) is 11.3 Å². The summed E-state index contributed by atoms with van der Waals surface area (Å²) in [5.74, 6) is 0.336. The zero-order valence-electron chi connectivity index (χ0n) is 12.7. The van der Waals surface area contributed by atoms with Crippen LogP contribution in [0.2, 0.25) is 0 Å². The summed E-state index contributed by atoms with van der Waals surface area (Å²) in [6.45, 7) is 2.17.